The van der Waals surface area contributed by atoms with E-state index < -0.39 is 11.4 Å². The van der Waals surface area contributed by atoms with Crippen molar-refractivity contribution in [3.8, 4) is 0 Å². The van der Waals surface area contributed by atoms with Gasteiger partial charge in [-0.15, -0.1) is 0 Å². The standard InChI is InChI=1S/C19H29FN2O2/c1-3-10-19(24,11-4-2)14-17(23)21-18-15(20)8-7-9-16(18)22-12-5-6-13-22/h7-9,24H,3-6,10-14H2,1-2H3,(H,21,23). The zero-order chi connectivity index (χ0) is 17.6. The molecule has 0 aliphatic carbocycles. The third kappa shape index (κ3) is 4.69. The van der Waals surface area contributed by atoms with Gasteiger partial charge in [0.25, 0.3) is 0 Å². The molecule has 1 heterocycles. The lowest BCUT2D eigenvalue weighted by Gasteiger charge is -2.27. The molecule has 24 heavy (non-hydrogen) atoms. The summed E-state index contributed by atoms with van der Waals surface area (Å²) in [6.07, 6.45) is 4.93. The van der Waals surface area contributed by atoms with Crippen molar-refractivity contribution in [2.45, 2.75) is 64.4 Å². The molecule has 5 heteroatoms. The van der Waals surface area contributed by atoms with Crippen LogP contribution in [0.15, 0.2) is 18.2 Å². The summed E-state index contributed by atoms with van der Waals surface area (Å²) in [5.74, 6) is -0.757. The Labute approximate surface area is 144 Å². The molecule has 1 aliphatic heterocycles. The van der Waals surface area contributed by atoms with Gasteiger partial charge in [0.2, 0.25) is 5.91 Å². The van der Waals surface area contributed by atoms with E-state index in [-0.39, 0.29) is 18.0 Å². The van der Waals surface area contributed by atoms with Crippen LogP contribution in [-0.2, 0) is 4.79 Å². The van der Waals surface area contributed by atoms with E-state index in [1.165, 1.54) is 6.07 Å². The normalized spacial score (nSPS) is 14.9. The highest BCUT2D eigenvalue weighted by molar-refractivity contribution is 5.95. The highest BCUT2D eigenvalue weighted by Gasteiger charge is 2.29. The van der Waals surface area contributed by atoms with Gasteiger partial charge in [0.15, 0.2) is 0 Å². The fraction of sp³-hybridized carbons (Fsp3) is 0.632. The molecule has 1 amide bonds. The number of hydrogen-bond acceptors (Lipinski definition) is 3. The van der Waals surface area contributed by atoms with Crippen LogP contribution in [0.3, 0.4) is 0 Å². The Morgan fingerprint density at radius 2 is 1.88 bits per heavy atom. The van der Waals surface area contributed by atoms with Crippen molar-refractivity contribution in [3.63, 3.8) is 0 Å². The molecule has 0 unspecified atom stereocenters. The summed E-state index contributed by atoms with van der Waals surface area (Å²) in [5.41, 5.74) is -0.0396. The SMILES string of the molecule is CCCC(O)(CCC)CC(=O)Nc1c(F)cccc1N1CCCC1. The zero-order valence-corrected chi connectivity index (χ0v) is 14.8. The molecule has 1 aliphatic rings. The van der Waals surface area contributed by atoms with Crippen LogP contribution in [0.1, 0.15) is 58.8 Å². The molecule has 1 aromatic carbocycles. The molecule has 0 aromatic heterocycles. The number of para-hydroxylation sites is 1. The van der Waals surface area contributed by atoms with Crippen molar-refractivity contribution >= 4 is 17.3 Å². The number of nitrogens with zero attached hydrogens (tertiary/aromatic N) is 1. The van der Waals surface area contributed by atoms with Crippen molar-refractivity contribution in [2.75, 3.05) is 23.3 Å². The summed E-state index contributed by atoms with van der Waals surface area (Å²) in [6, 6.07) is 4.87. The molecule has 1 fully saturated rings. The molecule has 134 valence electrons. The Morgan fingerprint density at radius 3 is 2.46 bits per heavy atom. The largest absolute Gasteiger partial charge is 0.389 e. The average Bonchev–Trinajstić information content (AvgIpc) is 3.03. The van der Waals surface area contributed by atoms with E-state index in [9.17, 15) is 14.3 Å². The second-order valence-corrected chi connectivity index (χ2v) is 6.78. The van der Waals surface area contributed by atoms with Crippen LogP contribution >= 0.6 is 0 Å². The predicted octanol–water partition coefficient (Wildman–Crippen LogP) is 4.09. The smallest absolute Gasteiger partial charge is 0.227 e. The van der Waals surface area contributed by atoms with Crippen LogP contribution in [0.2, 0.25) is 0 Å². The van der Waals surface area contributed by atoms with E-state index in [1.54, 1.807) is 6.07 Å². The molecule has 1 saturated heterocycles. The number of benzene rings is 1. The Bertz CT molecular complexity index is 550. The molecule has 2 rings (SSSR count). The summed E-state index contributed by atoms with van der Waals surface area (Å²) < 4.78 is 14.3. The second-order valence-electron chi connectivity index (χ2n) is 6.78. The molecular weight excluding hydrogens is 307 g/mol. The van der Waals surface area contributed by atoms with Gasteiger partial charge in [-0.2, -0.15) is 0 Å². The first-order valence-electron chi connectivity index (χ1n) is 9.05. The number of hydrogen-bond donors (Lipinski definition) is 2. The lowest BCUT2D eigenvalue weighted by atomic mass is 9.89. The molecular formula is C19H29FN2O2. The van der Waals surface area contributed by atoms with Crippen molar-refractivity contribution in [3.05, 3.63) is 24.0 Å². The Kier molecular flexibility index (Phi) is 6.60. The van der Waals surface area contributed by atoms with Gasteiger partial charge in [-0.25, -0.2) is 4.39 Å². The molecule has 0 atom stereocenters. The molecule has 0 bridgehead atoms. The molecule has 1 aromatic rings. The van der Waals surface area contributed by atoms with Crippen LogP contribution in [0.25, 0.3) is 0 Å². The van der Waals surface area contributed by atoms with Crippen LogP contribution in [0.4, 0.5) is 15.8 Å². The first kappa shape index (κ1) is 18.7. The van der Waals surface area contributed by atoms with Crippen LogP contribution in [0, 0.1) is 5.82 Å². The second kappa shape index (κ2) is 8.47. The summed E-state index contributed by atoms with van der Waals surface area (Å²) in [4.78, 5) is 14.5. The molecule has 0 spiro atoms. The van der Waals surface area contributed by atoms with E-state index >= 15 is 0 Å². The zero-order valence-electron chi connectivity index (χ0n) is 14.8. The third-order valence-corrected chi connectivity index (χ3v) is 4.62. The lowest BCUT2D eigenvalue weighted by Crippen LogP contribution is -2.34. The van der Waals surface area contributed by atoms with Crippen molar-refractivity contribution in [1.82, 2.24) is 0 Å². The maximum Gasteiger partial charge on any atom is 0.227 e. The first-order chi connectivity index (χ1) is 11.5. The van der Waals surface area contributed by atoms with Crippen molar-refractivity contribution < 1.29 is 14.3 Å². The Hall–Kier alpha value is -1.62. The summed E-state index contributed by atoms with van der Waals surface area (Å²) in [5, 5.41) is 13.4. The quantitative estimate of drug-likeness (QED) is 0.752. The Balaban J connectivity index is 2.13. The minimum absolute atomic E-state index is 0.00243. The molecule has 4 nitrogen and oxygen atoms in total. The van der Waals surface area contributed by atoms with Gasteiger partial charge in [0.1, 0.15) is 11.5 Å². The van der Waals surface area contributed by atoms with E-state index in [2.05, 4.69) is 10.2 Å². The maximum absolute atomic E-state index is 14.3. The van der Waals surface area contributed by atoms with Gasteiger partial charge < -0.3 is 15.3 Å². The number of aliphatic hydroxyl groups is 1. The van der Waals surface area contributed by atoms with Crippen molar-refractivity contribution in [2.24, 2.45) is 0 Å². The highest BCUT2D eigenvalue weighted by Crippen LogP contribution is 2.32. The first-order valence-corrected chi connectivity index (χ1v) is 9.05. The summed E-state index contributed by atoms with van der Waals surface area (Å²) >= 11 is 0. The number of halogens is 1. The predicted molar refractivity (Wildman–Crippen MR) is 95.9 cm³/mol. The summed E-state index contributed by atoms with van der Waals surface area (Å²) in [6.45, 7) is 5.73. The molecule has 0 saturated carbocycles. The van der Waals surface area contributed by atoms with Crippen LogP contribution in [-0.4, -0.2) is 29.7 Å². The number of nitrogens with one attached hydrogen (secondary N) is 1. The monoisotopic (exact) mass is 336 g/mol. The maximum atomic E-state index is 14.3. The number of anilines is 2. The third-order valence-electron chi connectivity index (χ3n) is 4.62. The minimum Gasteiger partial charge on any atom is -0.389 e. The summed E-state index contributed by atoms with van der Waals surface area (Å²) in [7, 11) is 0. The number of carbonyl (C=O) groups excluding carboxylic acids is 1. The fourth-order valence-corrected chi connectivity index (χ4v) is 3.57. The Morgan fingerprint density at radius 1 is 1.25 bits per heavy atom. The van der Waals surface area contributed by atoms with Gasteiger partial charge in [-0.1, -0.05) is 32.8 Å². The van der Waals surface area contributed by atoms with Crippen LogP contribution in [0.5, 0.6) is 0 Å². The fourth-order valence-electron chi connectivity index (χ4n) is 3.57. The van der Waals surface area contributed by atoms with E-state index in [1.807, 2.05) is 19.9 Å². The number of carbonyl (C=O) groups is 1. The topological polar surface area (TPSA) is 52.6 Å². The van der Waals surface area contributed by atoms with Gasteiger partial charge in [0.05, 0.1) is 17.7 Å². The van der Waals surface area contributed by atoms with E-state index in [4.69, 9.17) is 0 Å². The number of rotatable bonds is 8. The molecule has 0 radical (unpaired) electrons. The minimum atomic E-state index is -1.01. The van der Waals surface area contributed by atoms with Gasteiger partial charge in [-0.05, 0) is 37.8 Å². The van der Waals surface area contributed by atoms with E-state index in [0.717, 1.165) is 44.5 Å². The van der Waals surface area contributed by atoms with Crippen molar-refractivity contribution in [1.29, 1.82) is 0 Å². The van der Waals surface area contributed by atoms with Gasteiger partial charge in [0, 0.05) is 13.1 Å². The average molecular weight is 336 g/mol. The van der Waals surface area contributed by atoms with Gasteiger partial charge in [-0.3, -0.25) is 4.79 Å². The van der Waals surface area contributed by atoms with Gasteiger partial charge >= 0.3 is 0 Å². The number of amides is 1. The lowest BCUT2D eigenvalue weighted by molar-refractivity contribution is -0.121. The highest BCUT2D eigenvalue weighted by atomic mass is 19.1. The van der Waals surface area contributed by atoms with Crippen LogP contribution < -0.4 is 10.2 Å². The molecule has 2 N–H and O–H groups in total. The van der Waals surface area contributed by atoms with E-state index in [0.29, 0.717) is 12.8 Å².